The molecule has 0 bridgehead atoms. The standard InChI is InChI=1S/C15H23NO2/c1-9(2)14(15(17)18)16-8-13-7-11(4)10(3)6-12(13)5/h6-7,9,14,16H,8H2,1-5H3,(H,17,18)/t14-/m1/s1. The highest BCUT2D eigenvalue weighted by atomic mass is 16.4. The molecule has 1 aromatic carbocycles. The number of aryl methyl sites for hydroxylation is 3. The molecule has 18 heavy (non-hydrogen) atoms. The SMILES string of the molecule is Cc1cc(C)c(CN[C@@H](C(=O)O)C(C)C)cc1C. The molecule has 0 radical (unpaired) electrons. The van der Waals surface area contributed by atoms with Gasteiger partial charge in [-0.1, -0.05) is 26.0 Å². The van der Waals surface area contributed by atoms with E-state index in [-0.39, 0.29) is 5.92 Å². The monoisotopic (exact) mass is 249 g/mol. The van der Waals surface area contributed by atoms with Crippen LogP contribution in [0.2, 0.25) is 0 Å². The van der Waals surface area contributed by atoms with Gasteiger partial charge in [0.1, 0.15) is 6.04 Å². The zero-order chi connectivity index (χ0) is 13.9. The zero-order valence-electron chi connectivity index (χ0n) is 11.9. The van der Waals surface area contributed by atoms with Crippen molar-refractivity contribution in [3.63, 3.8) is 0 Å². The van der Waals surface area contributed by atoms with Crippen LogP contribution in [0.1, 0.15) is 36.1 Å². The zero-order valence-corrected chi connectivity index (χ0v) is 11.9. The minimum absolute atomic E-state index is 0.0781. The van der Waals surface area contributed by atoms with Crippen LogP contribution in [0.15, 0.2) is 12.1 Å². The first kappa shape index (κ1) is 14.7. The Morgan fingerprint density at radius 3 is 2.22 bits per heavy atom. The molecule has 0 spiro atoms. The molecule has 0 heterocycles. The highest BCUT2D eigenvalue weighted by Crippen LogP contribution is 2.15. The van der Waals surface area contributed by atoms with E-state index in [1.807, 2.05) is 13.8 Å². The molecule has 0 saturated carbocycles. The lowest BCUT2D eigenvalue weighted by atomic mass is 9.99. The van der Waals surface area contributed by atoms with Gasteiger partial charge in [-0.25, -0.2) is 0 Å². The summed E-state index contributed by atoms with van der Waals surface area (Å²) in [6.07, 6.45) is 0. The molecule has 100 valence electrons. The summed E-state index contributed by atoms with van der Waals surface area (Å²) in [4.78, 5) is 11.1. The van der Waals surface area contributed by atoms with Crippen LogP contribution in [0.5, 0.6) is 0 Å². The highest BCUT2D eigenvalue weighted by Gasteiger charge is 2.20. The second-order valence-corrected chi connectivity index (χ2v) is 5.30. The number of benzene rings is 1. The Morgan fingerprint density at radius 2 is 1.72 bits per heavy atom. The van der Waals surface area contributed by atoms with Crippen molar-refractivity contribution in [3.05, 3.63) is 34.4 Å². The molecular formula is C15H23NO2. The number of carboxylic acids is 1. The third-order valence-corrected chi connectivity index (χ3v) is 3.40. The van der Waals surface area contributed by atoms with Crippen LogP contribution < -0.4 is 5.32 Å². The summed E-state index contributed by atoms with van der Waals surface area (Å²) in [6, 6.07) is 3.79. The Kier molecular flexibility index (Phi) is 4.91. The summed E-state index contributed by atoms with van der Waals surface area (Å²) in [7, 11) is 0. The van der Waals surface area contributed by atoms with Gasteiger partial charge in [0, 0.05) is 6.54 Å². The van der Waals surface area contributed by atoms with E-state index in [2.05, 4.69) is 38.2 Å². The molecule has 0 aliphatic carbocycles. The van der Waals surface area contributed by atoms with Crippen LogP contribution in [0.25, 0.3) is 0 Å². The number of carboxylic acid groups (broad SMARTS) is 1. The molecule has 2 N–H and O–H groups in total. The van der Waals surface area contributed by atoms with E-state index in [4.69, 9.17) is 5.11 Å². The van der Waals surface area contributed by atoms with Crippen molar-refractivity contribution in [1.29, 1.82) is 0 Å². The van der Waals surface area contributed by atoms with E-state index in [9.17, 15) is 4.79 Å². The minimum atomic E-state index is -0.786. The van der Waals surface area contributed by atoms with Gasteiger partial charge in [0.2, 0.25) is 0 Å². The normalized spacial score (nSPS) is 12.8. The van der Waals surface area contributed by atoms with Gasteiger partial charge in [0.05, 0.1) is 0 Å². The average molecular weight is 249 g/mol. The third-order valence-electron chi connectivity index (χ3n) is 3.40. The maximum Gasteiger partial charge on any atom is 0.320 e. The second-order valence-electron chi connectivity index (χ2n) is 5.30. The van der Waals surface area contributed by atoms with Crippen molar-refractivity contribution < 1.29 is 9.90 Å². The van der Waals surface area contributed by atoms with Crippen molar-refractivity contribution >= 4 is 5.97 Å². The number of nitrogens with one attached hydrogen (secondary N) is 1. The van der Waals surface area contributed by atoms with Gasteiger partial charge in [0.25, 0.3) is 0 Å². The molecule has 3 nitrogen and oxygen atoms in total. The maximum absolute atomic E-state index is 11.1. The number of aliphatic carboxylic acids is 1. The molecule has 1 atom stereocenters. The van der Waals surface area contributed by atoms with Crippen LogP contribution in [0, 0.1) is 26.7 Å². The molecule has 3 heteroatoms. The maximum atomic E-state index is 11.1. The molecular weight excluding hydrogens is 226 g/mol. The van der Waals surface area contributed by atoms with Crippen LogP contribution in [0.3, 0.4) is 0 Å². The molecule has 0 fully saturated rings. The van der Waals surface area contributed by atoms with E-state index >= 15 is 0 Å². The van der Waals surface area contributed by atoms with Crippen molar-refractivity contribution in [1.82, 2.24) is 5.32 Å². The smallest absolute Gasteiger partial charge is 0.320 e. The molecule has 0 aliphatic rings. The van der Waals surface area contributed by atoms with Gasteiger partial charge in [0.15, 0.2) is 0 Å². The second kappa shape index (κ2) is 6.01. The fourth-order valence-electron chi connectivity index (χ4n) is 2.04. The molecule has 0 amide bonds. The lowest BCUT2D eigenvalue weighted by Gasteiger charge is -2.19. The van der Waals surface area contributed by atoms with Gasteiger partial charge in [-0.3, -0.25) is 4.79 Å². The van der Waals surface area contributed by atoms with Crippen molar-refractivity contribution in [3.8, 4) is 0 Å². The van der Waals surface area contributed by atoms with Gasteiger partial charge in [-0.2, -0.15) is 0 Å². The Bertz CT molecular complexity index is 438. The number of hydrogen-bond donors (Lipinski definition) is 2. The number of carbonyl (C=O) groups is 1. The largest absolute Gasteiger partial charge is 0.480 e. The Balaban J connectivity index is 2.79. The predicted molar refractivity (Wildman–Crippen MR) is 73.8 cm³/mol. The predicted octanol–water partition coefficient (Wildman–Crippen LogP) is 2.81. The minimum Gasteiger partial charge on any atom is -0.480 e. The third kappa shape index (κ3) is 3.57. The quantitative estimate of drug-likeness (QED) is 0.843. The van der Waals surface area contributed by atoms with Gasteiger partial charge in [-0.15, -0.1) is 0 Å². The summed E-state index contributed by atoms with van der Waals surface area (Å²) in [5, 5.41) is 12.3. The number of rotatable bonds is 5. The molecule has 1 rings (SSSR count). The fourth-order valence-corrected chi connectivity index (χ4v) is 2.04. The molecule has 0 saturated heterocycles. The molecule has 0 aromatic heterocycles. The molecule has 0 unspecified atom stereocenters. The van der Waals surface area contributed by atoms with Crippen LogP contribution in [0.4, 0.5) is 0 Å². The Labute approximate surface area is 109 Å². The van der Waals surface area contributed by atoms with E-state index < -0.39 is 12.0 Å². The summed E-state index contributed by atoms with van der Waals surface area (Å²) < 4.78 is 0. The Morgan fingerprint density at radius 1 is 1.17 bits per heavy atom. The van der Waals surface area contributed by atoms with E-state index in [0.29, 0.717) is 6.54 Å². The first-order valence-electron chi connectivity index (χ1n) is 6.35. The summed E-state index contributed by atoms with van der Waals surface area (Å²) in [5.74, 6) is -0.708. The first-order valence-corrected chi connectivity index (χ1v) is 6.35. The van der Waals surface area contributed by atoms with Gasteiger partial charge < -0.3 is 10.4 Å². The Hall–Kier alpha value is -1.35. The first-order chi connectivity index (χ1) is 8.32. The average Bonchev–Trinajstić information content (AvgIpc) is 2.24. The molecule has 1 aromatic rings. The van der Waals surface area contributed by atoms with Gasteiger partial charge >= 0.3 is 5.97 Å². The summed E-state index contributed by atoms with van der Waals surface area (Å²) >= 11 is 0. The molecule has 0 aliphatic heterocycles. The number of hydrogen-bond acceptors (Lipinski definition) is 2. The van der Waals surface area contributed by atoms with Crippen molar-refractivity contribution in [2.45, 2.75) is 47.2 Å². The van der Waals surface area contributed by atoms with Crippen molar-refractivity contribution in [2.24, 2.45) is 5.92 Å². The summed E-state index contributed by atoms with van der Waals surface area (Å²) in [5.41, 5.74) is 4.90. The van der Waals surface area contributed by atoms with Crippen molar-refractivity contribution in [2.75, 3.05) is 0 Å². The highest BCUT2D eigenvalue weighted by molar-refractivity contribution is 5.73. The van der Waals surface area contributed by atoms with E-state index in [1.165, 1.54) is 22.3 Å². The van der Waals surface area contributed by atoms with Crippen LogP contribution in [-0.4, -0.2) is 17.1 Å². The van der Waals surface area contributed by atoms with E-state index in [0.717, 1.165) is 0 Å². The lowest BCUT2D eigenvalue weighted by Crippen LogP contribution is -2.40. The lowest BCUT2D eigenvalue weighted by molar-refractivity contribution is -0.140. The van der Waals surface area contributed by atoms with Crippen LogP contribution in [-0.2, 0) is 11.3 Å². The summed E-state index contributed by atoms with van der Waals surface area (Å²) in [6.45, 7) is 10.7. The topological polar surface area (TPSA) is 49.3 Å². The van der Waals surface area contributed by atoms with Gasteiger partial charge in [-0.05, 0) is 48.9 Å². The van der Waals surface area contributed by atoms with E-state index in [1.54, 1.807) is 0 Å². The fraction of sp³-hybridized carbons (Fsp3) is 0.533. The van der Waals surface area contributed by atoms with Crippen LogP contribution >= 0.6 is 0 Å².